The van der Waals surface area contributed by atoms with Gasteiger partial charge < -0.3 is 0 Å². The molecule has 0 N–H and O–H groups in total. The van der Waals surface area contributed by atoms with Gasteiger partial charge in [-0.15, -0.1) is 0 Å². The normalized spacial score (nSPS) is 13.4. The van der Waals surface area contributed by atoms with Gasteiger partial charge in [0.25, 0.3) is 16.0 Å². The Morgan fingerprint density at radius 1 is 1.12 bits per heavy atom. The Labute approximate surface area is 147 Å². The molecule has 2 rings (SSSR count). The summed E-state index contributed by atoms with van der Waals surface area (Å²) in [6, 6.07) is 14.8. The van der Waals surface area contributed by atoms with E-state index in [1.165, 1.54) is 12.1 Å². The largest absolute Gasteiger partial charge is 0.297 e. The minimum Gasteiger partial charge on any atom is -0.256 e. The lowest BCUT2D eigenvalue weighted by atomic mass is 10.0. The fourth-order valence-electron chi connectivity index (χ4n) is 2.29. The number of benzene rings is 2. The molecule has 3 nitrogen and oxygen atoms in total. The summed E-state index contributed by atoms with van der Waals surface area (Å²) >= 11 is 0. The summed E-state index contributed by atoms with van der Waals surface area (Å²) in [5, 5.41) is 0. The summed E-state index contributed by atoms with van der Waals surface area (Å²) in [6.45, 7) is 4.90. The molecule has 0 fully saturated rings. The second kappa shape index (κ2) is 7.89. The monoisotopic (exact) mass is 366 g/mol. The quantitative estimate of drug-likeness (QED) is 0.509. The van der Waals surface area contributed by atoms with Gasteiger partial charge in [-0.05, 0) is 43.5 Å². The lowest BCUT2D eigenvalue weighted by molar-refractivity contribution is -0.0560. The number of rotatable bonds is 8. The third-order valence-corrected chi connectivity index (χ3v) is 5.13. The van der Waals surface area contributed by atoms with Gasteiger partial charge in [0.2, 0.25) is 0 Å². The Kier molecular flexibility index (Phi) is 6.08. The lowest BCUT2D eigenvalue weighted by Crippen LogP contribution is -2.36. The second-order valence-corrected chi connectivity index (χ2v) is 7.33. The van der Waals surface area contributed by atoms with E-state index in [-0.39, 0.29) is 17.7 Å². The molecule has 0 radical (unpaired) electrons. The van der Waals surface area contributed by atoms with Crippen molar-refractivity contribution in [2.45, 2.75) is 36.7 Å². The van der Waals surface area contributed by atoms with Crippen LogP contribution < -0.4 is 0 Å². The molecule has 6 heteroatoms. The third kappa shape index (κ3) is 5.21. The first-order valence-corrected chi connectivity index (χ1v) is 9.21. The smallest absolute Gasteiger partial charge is 0.256 e. The van der Waals surface area contributed by atoms with E-state index in [2.05, 4.69) is 6.58 Å². The molecular weight excluding hydrogens is 346 g/mol. The molecule has 2 aromatic rings. The van der Waals surface area contributed by atoms with Crippen LogP contribution in [0.5, 0.6) is 0 Å². The molecular formula is C19H20F2O3S. The lowest BCUT2D eigenvalue weighted by Gasteiger charge is -2.24. The number of aryl methyl sites for hydroxylation is 2. The fraction of sp³-hybridized carbons (Fsp3) is 0.263. The molecule has 0 amide bonds. The van der Waals surface area contributed by atoms with Crippen LogP contribution in [0.4, 0.5) is 8.78 Å². The van der Waals surface area contributed by atoms with Crippen molar-refractivity contribution in [3.63, 3.8) is 0 Å². The Bertz CT molecular complexity index is 800. The zero-order valence-electron chi connectivity index (χ0n) is 13.9. The Morgan fingerprint density at radius 2 is 1.72 bits per heavy atom. The van der Waals surface area contributed by atoms with Gasteiger partial charge in [-0.3, -0.25) is 4.18 Å². The number of hydrogen-bond donors (Lipinski definition) is 0. The van der Waals surface area contributed by atoms with E-state index in [4.69, 9.17) is 4.18 Å². The second-order valence-electron chi connectivity index (χ2n) is 5.75. The van der Waals surface area contributed by atoms with Gasteiger partial charge in [0, 0.05) is 0 Å². The average Bonchev–Trinajstić information content (AvgIpc) is 2.59. The molecule has 0 bridgehead atoms. The molecule has 134 valence electrons. The van der Waals surface area contributed by atoms with E-state index in [1.54, 1.807) is 43.3 Å². The highest BCUT2D eigenvalue weighted by atomic mass is 32.2. The molecule has 25 heavy (non-hydrogen) atoms. The molecule has 0 aliphatic carbocycles. The molecule has 0 aliphatic heterocycles. The van der Waals surface area contributed by atoms with Gasteiger partial charge in [0.15, 0.2) is 0 Å². The van der Waals surface area contributed by atoms with Crippen LogP contribution in [0, 0.1) is 6.92 Å². The molecule has 0 heterocycles. The fourth-order valence-corrected chi connectivity index (χ4v) is 3.40. The van der Waals surface area contributed by atoms with Crippen molar-refractivity contribution < 1.29 is 21.4 Å². The minimum absolute atomic E-state index is 0.150. The zero-order chi connectivity index (χ0) is 18.5. The molecule has 0 aromatic heterocycles. The first kappa shape index (κ1) is 19.3. The highest BCUT2D eigenvalue weighted by molar-refractivity contribution is 7.86. The molecule has 0 saturated heterocycles. The highest BCUT2D eigenvalue weighted by Crippen LogP contribution is 2.29. The van der Waals surface area contributed by atoms with E-state index in [9.17, 15) is 17.2 Å². The molecule has 1 unspecified atom stereocenters. The maximum atomic E-state index is 14.1. The van der Waals surface area contributed by atoms with Crippen LogP contribution in [-0.2, 0) is 20.7 Å². The Hall–Kier alpha value is -2.05. The first-order valence-electron chi connectivity index (χ1n) is 7.80. The third-order valence-electron chi connectivity index (χ3n) is 3.79. The van der Waals surface area contributed by atoms with Crippen molar-refractivity contribution in [3.05, 3.63) is 78.4 Å². The highest BCUT2D eigenvalue weighted by Gasteiger charge is 2.40. The molecule has 0 spiro atoms. The average molecular weight is 366 g/mol. The van der Waals surface area contributed by atoms with Crippen molar-refractivity contribution in [1.29, 1.82) is 0 Å². The van der Waals surface area contributed by atoms with E-state index in [0.717, 1.165) is 11.1 Å². The number of alkyl halides is 2. The summed E-state index contributed by atoms with van der Waals surface area (Å²) in [5.74, 6) is -3.47. The zero-order valence-corrected chi connectivity index (χ0v) is 14.7. The summed E-state index contributed by atoms with van der Waals surface area (Å²) in [5.41, 5.74) is 1.68. The summed E-state index contributed by atoms with van der Waals surface area (Å²) in [6.07, 6.45) is -1.30. The van der Waals surface area contributed by atoms with E-state index < -0.39 is 22.1 Å². The molecule has 1 atom stereocenters. The van der Waals surface area contributed by atoms with Crippen molar-refractivity contribution in [2.24, 2.45) is 0 Å². The molecule has 0 aliphatic rings. The van der Waals surface area contributed by atoms with Crippen LogP contribution in [0.2, 0.25) is 0 Å². The van der Waals surface area contributed by atoms with Crippen LogP contribution in [0.1, 0.15) is 17.5 Å². The van der Waals surface area contributed by atoms with Crippen LogP contribution in [0.3, 0.4) is 0 Å². The summed E-state index contributed by atoms with van der Waals surface area (Å²) < 4.78 is 57.8. The topological polar surface area (TPSA) is 43.4 Å². The van der Waals surface area contributed by atoms with E-state index in [1.807, 2.05) is 6.07 Å². The van der Waals surface area contributed by atoms with Crippen molar-refractivity contribution in [2.75, 3.05) is 0 Å². The predicted octanol–water partition coefficient (Wildman–Crippen LogP) is 4.52. The van der Waals surface area contributed by atoms with Crippen LogP contribution in [0.25, 0.3) is 0 Å². The standard InChI is InChI=1S/C19H20F2O3S/c1-3-19(20,21)18(14-11-16-7-5-4-6-8-16)24-25(22,23)17-12-9-15(2)10-13-17/h3-10,12-13,18H,1,11,14H2,2H3. The first-order chi connectivity index (χ1) is 11.7. The SMILES string of the molecule is C=CC(F)(F)C(CCc1ccccc1)OS(=O)(=O)c1ccc(C)cc1. The van der Waals surface area contributed by atoms with Crippen LogP contribution >= 0.6 is 0 Å². The predicted molar refractivity (Wildman–Crippen MR) is 93.1 cm³/mol. The Balaban J connectivity index is 2.20. The number of halogens is 2. The molecule has 2 aromatic carbocycles. The van der Waals surface area contributed by atoms with Gasteiger partial charge in [0.1, 0.15) is 6.10 Å². The molecule has 0 saturated carbocycles. The summed E-state index contributed by atoms with van der Waals surface area (Å²) in [7, 11) is -4.30. The van der Waals surface area contributed by atoms with Crippen LogP contribution in [0.15, 0.2) is 72.1 Å². The van der Waals surface area contributed by atoms with E-state index >= 15 is 0 Å². The van der Waals surface area contributed by atoms with Gasteiger partial charge >= 0.3 is 0 Å². The van der Waals surface area contributed by atoms with Crippen molar-refractivity contribution in [1.82, 2.24) is 0 Å². The van der Waals surface area contributed by atoms with Gasteiger partial charge in [-0.1, -0.05) is 54.6 Å². The van der Waals surface area contributed by atoms with Gasteiger partial charge in [-0.25, -0.2) is 0 Å². The van der Waals surface area contributed by atoms with Gasteiger partial charge in [-0.2, -0.15) is 17.2 Å². The van der Waals surface area contributed by atoms with Crippen molar-refractivity contribution in [3.8, 4) is 0 Å². The Morgan fingerprint density at radius 3 is 2.28 bits per heavy atom. The number of hydrogen-bond acceptors (Lipinski definition) is 3. The van der Waals surface area contributed by atoms with E-state index in [0.29, 0.717) is 6.08 Å². The maximum absolute atomic E-state index is 14.1. The maximum Gasteiger partial charge on any atom is 0.297 e. The van der Waals surface area contributed by atoms with Crippen molar-refractivity contribution >= 4 is 10.1 Å². The summed E-state index contributed by atoms with van der Waals surface area (Å²) in [4.78, 5) is -0.150. The van der Waals surface area contributed by atoms with Crippen LogP contribution in [-0.4, -0.2) is 20.4 Å². The van der Waals surface area contributed by atoms with Gasteiger partial charge in [0.05, 0.1) is 4.90 Å². The minimum atomic E-state index is -4.30.